The minimum absolute atomic E-state index is 0.125. The van der Waals surface area contributed by atoms with Crippen LogP contribution in [-0.4, -0.2) is 57.0 Å². The Bertz CT molecular complexity index is 564. The van der Waals surface area contributed by atoms with Crippen LogP contribution in [0.1, 0.15) is 37.7 Å². The molecule has 150 valence electrons. The van der Waals surface area contributed by atoms with Crippen molar-refractivity contribution in [1.29, 1.82) is 0 Å². The molecule has 0 unspecified atom stereocenters. The Kier molecular flexibility index (Phi) is 6.15. The van der Waals surface area contributed by atoms with Crippen molar-refractivity contribution in [3.05, 3.63) is 35.9 Å². The van der Waals surface area contributed by atoms with Crippen molar-refractivity contribution in [2.45, 2.75) is 50.9 Å². The number of hydrogen-bond acceptors (Lipinski definition) is 5. The first-order valence-electron chi connectivity index (χ1n) is 10.2. The van der Waals surface area contributed by atoms with Crippen molar-refractivity contribution >= 4 is 0 Å². The van der Waals surface area contributed by atoms with Gasteiger partial charge in [-0.3, -0.25) is 0 Å². The van der Waals surface area contributed by atoms with Crippen molar-refractivity contribution < 1.29 is 24.1 Å². The zero-order valence-corrected chi connectivity index (χ0v) is 16.1. The predicted molar refractivity (Wildman–Crippen MR) is 101 cm³/mol. The Labute approximate surface area is 162 Å². The Morgan fingerprint density at radius 2 is 1.44 bits per heavy atom. The van der Waals surface area contributed by atoms with Gasteiger partial charge in [0.1, 0.15) is 0 Å². The molecule has 0 spiro atoms. The van der Waals surface area contributed by atoms with E-state index in [0.29, 0.717) is 50.0 Å². The van der Waals surface area contributed by atoms with Crippen LogP contribution in [0.3, 0.4) is 0 Å². The Morgan fingerprint density at radius 1 is 0.815 bits per heavy atom. The molecule has 0 aromatic heterocycles. The van der Waals surface area contributed by atoms with E-state index < -0.39 is 0 Å². The van der Waals surface area contributed by atoms with Crippen molar-refractivity contribution in [1.82, 2.24) is 0 Å². The second-order valence-electron chi connectivity index (χ2n) is 8.79. The average molecular weight is 376 g/mol. The van der Waals surface area contributed by atoms with Gasteiger partial charge in [-0.05, 0) is 48.5 Å². The summed E-state index contributed by atoms with van der Waals surface area (Å²) in [7, 11) is 0. The molecular formula is C22H32O5. The zero-order chi connectivity index (χ0) is 18.6. The number of rotatable bonds is 13. The van der Waals surface area contributed by atoms with Crippen LogP contribution in [0, 0.1) is 10.8 Å². The fourth-order valence-corrected chi connectivity index (χ4v) is 4.90. The lowest BCUT2D eigenvalue weighted by molar-refractivity contribution is -0.264. The first-order valence-corrected chi connectivity index (χ1v) is 10.2. The lowest BCUT2D eigenvalue weighted by Crippen LogP contribution is -2.66. The maximum absolute atomic E-state index is 9.30. The topological polar surface area (TPSA) is 57.2 Å². The molecule has 5 rings (SSSR count). The van der Waals surface area contributed by atoms with Gasteiger partial charge in [-0.1, -0.05) is 30.3 Å². The Morgan fingerprint density at radius 3 is 2.15 bits per heavy atom. The van der Waals surface area contributed by atoms with Crippen LogP contribution in [0.2, 0.25) is 0 Å². The molecular weight excluding hydrogens is 344 g/mol. The lowest BCUT2D eigenvalue weighted by Gasteiger charge is -2.70. The summed E-state index contributed by atoms with van der Waals surface area (Å²) >= 11 is 0. The second-order valence-corrected chi connectivity index (χ2v) is 8.79. The van der Waals surface area contributed by atoms with Crippen LogP contribution in [0.4, 0.5) is 0 Å². The molecule has 0 aliphatic heterocycles. The van der Waals surface area contributed by atoms with Crippen LogP contribution < -0.4 is 0 Å². The smallest absolute Gasteiger partial charge is 0.0718 e. The maximum atomic E-state index is 9.30. The van der Waals surface area contributed by atoms with Crippen LogP contribution >= 0.6 is 0 Å². The van der Waals surface area contributed by atoms with E-state index in [4.69, 9.17) is 18.9 Å². The Balaban J connectivity index is 0.951. The van der Waals surface area contributed by atoms with Gasteiger partial charge < -0.3 is 24.1 Å². The molecule has 27 heavy (non-hydrogen) atoms. The third-order valence-electron chi connectivity index (χ3n) is 6.21. The minimum atomic E-state index is -0.125. The van der Waals surface area contributed by atoms with E-state index in [9.17, 15) is 5.11 Å². The molecule has 0 amide bonds. The van der Waals surface area contributed by atoms with Gasteiger partial charge in [0.15, 0.2) is 0 Å². The molecule has 1 N–H and O–H groups in total. The van der Waals surface area contributed by atoms with Crippen molar-refractivity contribution in [3.63, 3.8) is 0 Å². The fraction of sp³-hybridized carbons (Fsp3) is 0.727. The predicted octanol–water partition coefficient (Wildman–Crippen LogP) is 2.95. The van der Waals surface area contributed by atoms with Crippen LogP contribution in [0.15, 0.2) is 30.3 Å². The first-order chi connectivity index (χ1) is 13.2. The third-order valence-corrected chi connectivity index (χ3v) is 6.21. The molecule has 0 radical (unpaired) electrons. The summed E-state index contributed by atoms with van der Waals surface area (Å²) < 4.78 is 22.9. The number of aliphatic hydroxyl groups is 1. The van der Waals surface area contributed by atoms with Crippen molar-refractivity contribution in [2.24, 2.45) is 10.8 Å². The molecule has 1 aromatic rings. The highest BCUT2D eigenvalue weighted by molar-refractivity contribution is 5.17. The number of aliphatic hydroxyl groups excluding tert-OH is 1. The quantitative estimate of drug-likeness (QED) is 0.537. The van der Waals surface area contributed by atoms with E-state index in [0.717, 1.165) is 26.1 Å². The van der Waals surface area contributed by atoms with E-state index in [1.165, 1.54) is 24.8 Å². The summed E-state index contributed by atoms with van der Waals surface area (Å²) in [6.45, 7) is 4.86. The standard InChI is InChI=1S/C22H32O5/c23-19-10-20(11-19)27-17-22-13-21(14-22,15-22)16-26-9-7-24-6-8-25-12-18-4-2-1-3-5-18/h1-5,19-20,23H,6-17H2. The molecule has 4 saturated carbocycles. The molecule has 4 fully saturated rings. The average Bonchev–Trinajstić information content (AvgIpc) is 2.59. The Hall–Kier alpha value is -0.980. The van der Waals surface area contributed by atoms with E-state index in [-0.39, 0.29) is 6.10 Å². The first kappa shape index (κ1) is 19.3. The highest BCUT2D eigenvalue weighted by atomic mass is 16.5. The summed E-state index contributed by atoms with van der Waals surface area (Å²) in [6, 6.07) is 10.2. The summed E-state index contributed by atoms with van der Waals surface area (Å²) in [5.74, 6) is 0. The summed E-state index contributed by atoms with van der Waals surface area (Å²) in [4.78, 5) is 0. The van der Waals surface area contributed by atoms with Gasteiger partial charge >= 0.3 is 0 Å². The third kappa shape index (κ3) is 4.90. The summed E-state index contributed by atoms with van der Waals surface area (Å²) in [6.07, 6.45) is 5.54. The molecule has 2 bridgehead atoms. The van der Waals surface area contributed by atoms with Gasteiger partial charge in [0.2, 0.25) is 0 Å². The number of benzene rings is 1. The summed E-state index contributed by atoms with van der Waals surface area (Å²) in [5.41, 5.74) is 2.03. The van der Waals surface area contributed by atoms with E-state index in [1.54, 1.807) is 0 Å². The molecule has 5 nitrogen and oxygen atoms in total. The number of ether oxygens (including phenoxy) is 4. The highest BCUT2D eigenvalue weighted by Crippen LogP contribution is 2.73. The SMILES string of the molecule is OC1CC(OCC23CC(COCCOCCOCc4ccccc4)(C2)C3)C1. The fourth-order valence-electron chi connectivity index (χ4n) is 4.90. The minimum Gasteiger partial charge on any atom is -0.393 e. The van der Waals surface area contributed by atoms with E-state index >= 15 is 0 Å². The van der Waals surface area contributed by atoms with Crippen molar-refractivity contribution in [2.75, 3.05) is 39.6 Å². The second kappa shape index (κ2) is 8.58. The number of hydrogen-bond donors (Lipinski definition) is 1. The van der Waals surface area contributed by atoms with Gasteiger partial charge in [0.05, 0.1) is 58.5 Å². The van der Waals surface area contributed by atoms with Gasteiger partial charge in [0, 0.05) is 0 Å². The molecule has 0 saturated heterocycles. The molecule has 1 aromatic carbocycles. The van der Waals surface area contributed by atoms with Gasteiger partial charge in [0.25, 0.3) is 0 Å². The van der Waals surface area contributed by atoms with Gasteiger partial charge in [-0.2, -0.15) is 0 Å². The van der Waals surface area contributed by atoms with Crippen LogP contribution in [0.5, 0.6) is 0 Å². The summed E-state index contributed by atoms with van der Waals surface area (Å²) in [5, 5.41) is 9.30. The lowest BCUT2D eigenvalue weighted by atomic mass is 9.35. The highest BCUT2D eigenvalue weighted by Gasteiger charge is 2.67. The molecule has 0 heterocycles. The van der Waals surface area contributed by atoms with E-state index in [1.807, 2.05) is 18.2 Å². The molecule has 4 aliphatic carbocycles. The zero-order valence-electron chi connectivity index (χ0n) is 16.1. The monoisotopic (exact) mass is 376 g/mol. The maximum Gasteiger partial charge on any atom is 0.0718 e. The van der Waals surface area contributed by atoms with Crippen molar-refractivity contribution in [3.8, 4) is 0 Å². The molecule has 4 aliphatic rings. The van der Waals surface area contributed by atoms with Gasteiger partial charge in [-0.25, -0.2) is 0 Å². The van der Waals surface area contributed by atoms with Crippen LogP contribution in [0.25, 0.3) is 0 Å². The normalized spacial score (nSPS) is 33.8. The molecule has 5 heteroatoms. The largest absolute Gasteiger partial charge is 0.393 e. The molecule has 0 atom stereocenters. The van der Waals surface area contributed by atoms with Crippen LogP contribution in [-0.2, 0) is 25.6 Å². The van der Waals surface area contributed by atoms with E-state index in [2.05, 4.69) is 12.1 Å². The van der Waals surface area contributed by atoms with Gasteiger partial charge in [-0.15, -0.1) is 0 Å².